The Bertz CT molecular complexity index is 1280. The van der Waals surface area contributed by atoms with Gasteiger partial charge in [-0.15, -0.1) is 11.3 Å². The van der Waals surface area contributed by atoms with Crippen LogP contribution in [0.3, 0.4) is 0 Å². The molecule has 7 nitrogen and oxygen atoms in total. The maximum atomic E-state index is 13.4. The molecule has 11 heteroatoms. The topological polar surface area (TPSA) is 78.0 Å². The fourth-order valence-corrected chi connectivity index (χ4v) is 7.36. The van der Waals surface area contributed by atoms with E-state index in [-0.39, 0.29) is 9.92 Å². The molecule has 2 aromatic carbocycles. The molecule has 3 aromatic rings. The largest absolute Gasteiger partial charge is 0.493 e. The second-order valence-corrected chi connectivity index (χ2v) is 11.6. The zero-order valence-corrected chi connectivity index (χ0v) is 22.0. The number of hydrogen-bond acceptors (Lipinski definition) is 8. The van der Waals surface area contributed by atoms with Crippen molar-refractivity contribution in [3.63, 3.8) is 0 Å². The third-order valence-electron chi connectivity index (χ3n) is 6.00. The molecule has 1 aliphatic heterocycles. The van der Waals surface area contributed by atoms with Crippen LogP contribution >= 0.6 is 22.9 Å². The Morgan fingerprint density at radius 3 is 2.31 bits per heavy atom. The van der Waals surface area contributed by atoms with Gasteiger partial charge >= 0.3 is 0 Å². The molecule has 1 fully saturated rings. The predicted octanol–water partition coefficient (Wildman–Crippen LogP) is 4.99. The van der Waals surface area contributed by atoms with Crippen molar-refractivity contribution >= 4 is 37.9 Å². The number of piperidine rings is 1. The minimum absolute atomic E-state index is 0.0131. The number of sulfone groups is 1. The van der Waals surface area contributed by atoms with E-state index in [1.54, 1.807) is 21.3 Å². The van der Waals surface area contributed by atoms with Gasteiger partial charge in [0.05, 0.1) is 42.2 Å². The Morgan fingerprint density at radius 2 is 1.74 bits per heavy atom. The molecule has 0 unspecified atom stereocenters. The van der Waals surface area contributed by atoms with Crippen molar-refractivity contribution in [3.8, 4) is 17.2 Å². The molecule has 188 valence electrons. The summed E-state index contributed by atoms with van der Waals surface area (Å²) in [4.78, 5) is 6.86. The van der Waals surface area contributed by atoms with E-state index in [1.807, 2.05) is 17.5 Å². The second-order valence-electron chi connectivity index (χ2n) is 8.14. The Kier molecular flexibility index (Phi) is 7.73. The van der Waals surface area contributed by atoms with E-state index in [0.29, 0.717) is 49.6 Å². The van der Waals surface area contributed by atoms with Crippen molar-refractivity contribution in [1.29, 1.82) is 0 Å². The quantitative estimate of drug-likeness (QED) is 0.372. The van der Waals surface area contributed by atoms with Gasteiger partial charge in [0.1, 0.15) is 5.82 Å². The van der Waals surface area contributed by atoms with Gasteiger partial charge in [-0.05, 0) is 48.7 Å². The number of ether oxygens (including phenoxy) is 3. The molecule has 0 bridgehead atoms. The normalized spacial score (nSPS) is 14.7. The summed E-state index contributed by atoms with van der Waals surface area (Å²) in [5.41, 5.74) is 1.87. The average molecular weight is 541 g/mol. The number of thiazole rings is 1. The summed E-state index contributed by atoms with van der Waals surface area (Å²) < 4.78 is 55.7. The van der Waals surface area contributed by atoms with Crippen LogP contribution in [-0.4, -0.2) is 53.1 Å². The van der Waals surface area contributed by atoms with Gasteiger partial charge in [-0.1, -0.05) is 11.6 Å². The Labute approximate surface area is 213 Å². The molecule has 1 aliphatic rings. The first-order valence-corrected chi connectivity index (χ1v) is 13.7. The molecule has 0 atom stereocenters. The lowest BCUT2D eigenvalue weighted by Gasteiger charge is -2.31. The molecule has 0 spiro atoms. The van der Waals surface area contributed by atoms with E-state index in [0.717, 1.165) is 28.5 Å². The molecule has 0 radical (unpaired) electrons. The van der Waals surface area contributed by atoms with Gasteiger partial charge in [0, 0.05) is 24.9 Å². The number of rotatable bonds is 8. The predicted molar refractivity (Wildman–Crippen MR) is 135 cm³/mol. The van der Waals surface area contributed by atoms with Crippen molar-refractivity contribution < 1.29 is 27.0 Å². The molecular weight excluding hydrogens is 515 g/mol. The van der Waals surface area contributed by atoms with Gasteiger partial charge in [0.15, 0.2) is 26.5 Å². The summed E-state index contributed by atoms with van der Waals surface area (Å²) in [5.74, 6) is 1.15. The molecular formula is C24H26ClFN2O5S2. The van der Waals surface area contributed by atoms with Crippen LogP contribution < -0.4 is 19.1 Å². The van der Waals surface area contributed by atoms with Crippen LogP contribution in [0.1, 0.15) is 24.1 Å². The summed E-state index contributed by atoms with van der Waals surface area (Å²) in [6, 6.07) is 7.21. The van der Waals surface area contributed by atoms with E-state index >= 15 is 0 Å². The van der Waals surface area contributed by atoms with Gasteiger partial charge in [-0.3, -0.25) is 0 Å². The molecule has 35 heavy (non-hydrogen) atoms. The molecule has 1 saturated heterocycles. The highest BCUT2D eigenvalue weighted by Crippen LogP contribution is 2.39. The Hall–Kier alpha value is -2.56. The van der Waals surface area contributed by atoms with Crippen LogP contribution in [0.5, 0.6) is 17.2 Å². The fourth-order valence-electron chi connectivity index (χ4n) is 4.21. The van der Waals surface area contributed by atoms with Gasteiger partial charge in [-0.25, -0.2) is 17.8 Å². The Balaban J connectivity index is 1.44. The highest BCUT2D eigenvalue weighted by Gasteiger charge is 2.33. The smallest absolute Gasteiger partial charge is 0.203 e. The number of nitrogens with zero attached hydrogens (tertiary/aromatic N) is 2. The van der Waals surface area contributed by atoms with Crippen molar-refractivity contribution in [2.75, 3.05) is 39.3 Å². The lowest BCUT2D eigenvalue weighted by Crippen LogP contribution is -2.39. The Morgan fingerprint density at radius 1 is 1.09 bits per heavy atom. The van der Waals surface area contributed by atoms with Crippen molar-refractivity contribution in [3.05, 3.63) is 57.8 Å². The standard InChI is InChI=1S/C24H26ClFN2O5S2/c1-31-20-11-15(12-21(32-2)23(20)33-3)10-17-14-34-24(27-17)28-8-6-18(7-9-28)35(29,30)22-5-4-16(26)13-19(22)25/h4-5,11-14,18H,6-10H2,1-3H3. The van der Waals surface area contributed by atoms with E-state index in [4.69, 9.17) is 30.8 Å². The van der Waals surface area contributed by atoms with E-state index in [1.165, 1.54) is 17.4 Å². The van der Waals surface area contributed by atoms with E-state index in [9.17, 15) is 12.8 Å². The van der Waals surface area contributed by atoms with Crippen LogP contribution in [0.25, 0.3) is 0 Å². The van der Waals surface area contributed by atoms with Gasteiger partial charge in [0.25, 0.3) is 0 Å². The first-order chi connectivity index (χ1) is 16.8. The average Bonchev–Trinajstić information content (AvgIpc) is 3.31. The molecule has 2 heterocycles. The lowest BCUT2D eigenvalue weighted by molar-refractivity contribution is 0.324. The minimum Gasteiger partial charge on any atom is -0.493 e. The SMILES string of the molecule is COc1cc(Cc2csc(N3CCC(S(=O)(=O)c4ccc(F)cc4Cl)CC3)n2)cc(OC)c1OC. The second kappa shape index (κ2) is 10.6. The number of benzene rings is 2. The number of methoxy groups -OCH3 is 3. The zero-order valence-electron chi connectivity index (χ0n) is 19.6. The van der Waals surface area contributed by atoms with E-state index in [2.05, 4.69) is 4.90 Å². The highest BCUT2D eigenvalue weighted by atomic mass is 35.5. The van der Waals surface area contributed by atoms with Crippen LogP contribution in [0.2, 0.25) is 5.02 Å². The van der Waals surface area contributed by atoms with Crippen LogP contribution in [0.15, 0.2) is 40.6 Å². The van der Waals surface area contributed by atoms with Crippen molar-refractivity contribution in [2.24, 2.45) is 0 Å². The summed E-state index contributed by atoms with van der Waals surface area (Å²) >= 11 is 7.55. The minimum atomic E-state index is -3.65. The first kappa shape index (κ1) is 25.5. The molecule has 4 rings (SSSR count). The van der Waals surface area contributed by atoms with Crippen LogP contribution in [0.4, 0.5) is 9.52 Å². The number of halogens is 2. The van der Waals surface area contributed by atoms with Crippen molar-refractivity contribution in [1.82, 2.24) is 4.98 Å². The summed E-state index contributed by atoms with van der Waals surface area (Å²) in [5, 5.41) is 2.20. The number of hydrogen-bond donors (Lipinski definition) is 0. The fraction of sp³-hybridized carbons (Fsp3) is 0.375. The summed E-state index contributed by atoms with van der Waals surface area (Å²) in [6.45, 7) is 1.11. The maximum Gasteiger partial charge on any atom is 0.203 e. The van der Waals surface area contributed by atoms with Crippen molar-refractivity contribution in [2.45, 2.75) is 29.4 Å². The van der Waals surface area contributed by atoms with Gasteiger partial charge in [0.2, 0.25) is 5.75 Å². The van der Waals surface area contributed by atoms with Gasteiger partial charge < -0.3 is 19.1 Å². The van der Waals surface area contributed by atoms with E-state index < -0.39 is 20.9 Å². The third-order valence-corrected chi connectivity index (χ3v) is 9.69. The maximum absolute atomic E-state index is 13.4. The zero-order chi connectivity index (χ0) is 25.2. The molecule has 0 N–H and O–H groups in total. The molecule has 1 aromatic heterocycles. The monoisotopic (exact) mass is 540 g/mol. The summed E-state index contributed by atoms with van der Waals surface area (Å²) in [6.07, 6.45) is 1.47. The highest BCUT2D eigenvalue weighted by molar-refractivity contribution is 7.92. The first-order valence-electron chi connectivity index (χ1n) is 10.9. The number of anilines is 1. The lowest BCUT2D eigenvalue weighted by atomic mass is 10.1. The van der Waals surface area contributed by atoms with Crippen LogP contribution in [0, 0.1) is 5.82 Å². The number of aromatic nitrogens is 1. The molecule has 0 saturated carbocycles. The van der Waals surface area contributed by atoms with Crippen LogP contribution in [-0.2, 0) is 16.3 Å². The third kappa shape index (κ3) is 5.34. The summed E-state index contributed by atoms with van der Waals surface area (Å²) in [7, 11) is 1.08. The molecule has 0 aliphatic carbocycles. The molecule has 0 amide bonds. The van der Waals surface area contributed by atoms with Gasteiger partial charge in [-0.2, -0.15) is 0 Å².